The highest BCUT2D eigenvalue weighted by Gasteiger charge is 2.72. The lowest BCUT2D eigenvalue weighted by molar-refractivity contribution is -0.152. The third-order valence-corrected chi connectivity index (χ3v) is 3.58. The first-order valence-electron chi connectivity index (χ1n) is 4.00. The van der Waals surface area contributed by atoms with Crippen LogP contribution in [0.1, 0.15) is 0 Å². The summed E-state index contributed by atoms with van der Waals surface area (Å²) < 4.78 is 4.06. The van der Waals surface area contributed by atoms with Gasteiger partial charge in [-0.3, -0.25) is 0 Å². The van der Waals surface area contributed by atoms with Gasteiger partial charge in [0.1, 0.15) is 12.2 Å². The zero-order valence-corrected chi connectivity index (χ0v) is 8.11. The average molecular weight is 229 g/mol. The van der Waals surface area contributed by atoms with Crippen LogP contribution in [0.2, 0.25) is 0 Å². The van der Waals surface area contributed by atoms with Gasteiger partial charge in [0, 0.05) is 0 Å². The van der Waals surface area contributed by atoms with E-state index < -0.39 is 34.7 Å². The minimum absolute atomic E-state index is 0.356. The van der Waals surface area contributed by atoms with E-state index in [2.05, 4.69) is 0 Å². The number of hydrogen-bond donors (Lipinski definition) is 3. The fourth-order valence-electron chi connectivity index (χ4n) is 1.76. The molecule has 0 aromatic heterocycles. The summed E-state index contributed by atoms with van der Waals surface area (Å²) in [5.41, 5.74) is 0. The summed E-state index contributed by atoms with van der Waals surface area (Å²) in [4.78, 5) is 0. The van der Waals surface area contributed by atoms with Crippen molar-refractivity contribution in [2.24, 2.45) is 5.92 Å². The SMILES string of the molecule is OC[C@H]1O[C@H]2C([C@@H](O)[C@H]1O)C2(Cl)Cl. The van der Waals surface area contributed by atoms with E-state index in [1.165, 1.54) is 0 Å². The van der Waals surface area contributed by atoms with Crippen molar-refractivity contribution in [1.82, 2.24) is 0 Å². The van der Waals surface area contributed by atoms with Crippen LogP contribution in [0.5, 0.6) is 0 Å². The molecule has 2 aliphatic rings. The normalized spacial score (nSPS) is 52.8. The molecule has 1 saturated heterocycles. The Balaban J connectivity index is 2.13. The van der Waals surface area contributed by atoms with Gasteiger partial charge in [0.05, 0.1) is 24.7 Å². The Hall–Kier alpha value is 0.420. The molecule has 1 unspecified atom stereocenters. The Morgan fingerprint density at radius 2 is 1.85 bits per heavy atom. The molecule has 3 N–H and O–H groups in total. The maximum absolute atomic E-state index is 9.52. The van der Waals surface area contributed by atoms with Crippen molar-refractivity contribution in [2.75, 3.05) is 6.61 Å². The summed E-state index contributed by atoms with van der Waals surface area (Å²) in [5, 5.41) is 27.7. The highest BCUT2D eigenvalue weighted by Crippen LogP contribution is 2.60. The number of ether oxygens (including phenoxy) is 1. The number of fused-ring (bicyclic) bond motifs is 1. The molecule has 1 saturated carbocycles. The predicted molar refractivity (Wildman–Crippen MR) is 45.7 cm³/mol. The first kappa shape index (κ1) is 9.96. The third kappa shape index (κ3) is 1.28. The van der Waals surface area contributed by atoms with Crippen LogP contribution < -0.4 is 0 Å². The number of aliphatic hydroxyl groups excluding tert-OH is 3. The summed E-state index contributed by atoms with van der Waals surface area (Å²) in [5.74, 6) is -0.450. The quantitative estimate of drug-likeness (QED) is 0.518. The van der Waals surface area contributed by atoms with E-state index in [4.69, 9.17) is 33.0 Å². The molecule has 76 valence electrons. The van der Waals surface area contributed by atoms with Crippen molar-refractivity contribution in [1.29, 1.82) is 0 Å². The lowest BCUT2D eigenvalue weighted by Crippen LogP contribution is -2.47. The summed E-state index contributed by atoms with van der Waals surface area (Å²) in [6, 6.07) is 0. The molecule has 1 aliphatic carbocycles. The van der Waals surface area contributed by atoms with Crippen LogP contribution in [-0.2, 0) is 4.74 Å². The number of hydrogen-bond acceptors (Lipinski definition) is 4. The second-order valence-corrected chi connectivity index (χ2v) is 4.90. The first-order valence-corrected chi connectivity index (χ1v) is 4.76. The van der Waals surface area contributed by atoms with Gasteiger partial charge in [-0.15, -0.1) is 0 Å². The predicted octanol–water partition coefficient (Wildman–Crippen LogP) is -0.728. The van der Waals surface area contributed by atoms with E-state index in [0.29, 0.717) is 0 Å². The molecule has 0 spiro atoms. The maximum atomic E-state index is 9.52. The van der Waals surface area contributed by atoms with Crippen LogP contribution >= 0.6 is 23.2 Å². The van der Waals surface area contributed by atoms with Crippen molar-refractivity contribution in [3.05, 3.63) is 0 Å². The summed E-state index contributed by atoms with van der Waals surface area (Å²) in [6.45, 7) is -0.356. The second kappa shape index (κ2) is 2.95. The molecule has 1 heterocycles. The largest absolute Gasteiger partial charge is 0.394 e. The standard InChI is InChI=1S/C7H10Cl2O4/c8-7(9)3-5(12)4(11)2(1-10)13-6(3)7/h2-6,10-12H,1H2/t2-,3?,4+,5-,6+/m1/s1. The topological polar surface area (TPSA) is 69.9 Å². The van der Waals surface area contributed by atoms with Crippen LogP contribution in [0, 0.1) is 5.92 Å². The van der Waals surface area contributed by atoms with Gasteiger partial charge in [0.2, 0.25) is 0 Å². The van der Waals surface area contributed by atoms with Crippen LogP contribution in [0.3, 0.4) is 0 Å². The van der Waals surface area contributed by atoms with Gasteiger partial charge in [-0.1, -0.05) is 23.2 Å². The summed E-state index contributed by atoms with van der Waals surface area (Å²) >= 11 is 11.6. The molecule has 0 radical (unpaired) electrons. The minimum Gasteiger partial charge on any atom is -0.394 e. The van der Waals surface area contributed by atoms with Gasteiger partial charge >= 0.3 is 0 Å². The van der Waals surface area contributed by atoms with Crippen molar-refractivity contribution in [3.63, 3.8) is 0 Å². The maximum Gasteiger partial charge on any atom is 0.152 e. The molecular weight excluding hydrogens is 219 g/mol. The van der Waals surface area contributed by atoms with E-state index in [9.17, 15) is 10.2 Å². The Morgan fingerprint density at radius 1 is 1.23 bits per heavy atom. The molecule has 13 heavy (non-hydrogen) atoms. The van der Waals surface area contributed by atoms with E-state index in [-0.39, 0.29) is 6.61 Å². The minimum atomic E-state index is -1.12. The smallest absolute Gasteiger partial charge is 0.152 e. The second-order valence-electron chi connectivity index (χ2n) is 3.46. The molecule has 0 aromatic rings. The van der Waals surface area contributed by atoms with E-state index >= 15 is 0 Å². The van der Waals surface area contributed by atoms with Crippen molar-refractivity contribution >= 4 is 23.2 Å². The lowest BCUT2D eigenvalue weighted by atomic mass is 10.0. The Morgan fingerprint density at radius 3 is 2.38 bits per heavy atom. The fraction of sp³-hybridized carbons (Fsp3) is 1.00. The number of alkyl halides is 2. The molecular formula is C7H10Cl2O4. The molecule has 2 rings (SSSR count). The molecule has 0 amide bonds. The van der Waals surface area contributed by atoms with E-state index in [0.717, 1.165) is 0 Å². The van der Waals surface area contributed by atoms with Crippen molar-refractivity contribution < 1.29 is 20.1 Å². The Labute approximate surface area is 85.0 Å². The molecule has 5 atom stereocenters. The molecule has 1 aliphatic heterocycles. The van der Waals surface area contributed by atoms with Gasteiger partial charge in [0.25, 0.3) is 0 Å². The lowest BCUT2D eigenvalue weighted by Gasteiger charge is -2.29. The number of aliphatic hydroxyl groups is 3. The van der Waals surface area contributed by atoms with E-state index in [1.54, 1.807) is 0 Å². The monoisotopic (exact) mass is 228 g/mol. The zero-order valence-electron chi connectivity index (χ0n) is 6.60. The molecule has 0 aromatic carbocycles. The zero-order chi connectivity index (χ0) is 9.80. The van der Waals surface area contributed by atoms with Crippen LogP contribution in [0.15, 0.2) is 0 Å². The first-order chi connectivity index (χ1) is 6.00. The third-order valence-electron chi connectivity index (χ3n) is 2.64. The van der Waals surface area contributed by atoms with Gasteiger partial charge in [-0.2, -0.15) is 0 Å². The van der Waals surface area contributed by atoms with E-state index in [1.807, 2.05) is 0 Å². The molecule has 6 heteroatoms. The van der Waals surface area contributed by atoms with Gasteiger partial charge < -0.3 is 20.1 Å². The highest BCUT2D eigenvalue weighted by molar-refractivity contribution is 6.51. The number of halogens is 2. The Bertz CT molecular complexity index is 223. The van der Waals surface area contributed by atoms with Gasteiger partial charge in [-0.05, 0) is 0 Å². The fourth-order valence-corrected chi connectivity index (χ4v) is 2.49. The van der Waals surface area contributed by atoms with Gasteiger partial charge in [0.15, 0.2) is 4.33 Å². The summed E-state index contributed by atoms with van der Waals surface area (Å²) in [6.07, 6.45) is -3.42. The molecule has 0 bridgehead atoms. The molecule has 4 nitrogen and oxygen atoms in total. The Kier molecular flexibility index (Phi) is 2.26. The van der Waals surface area contributed by atoms with Crippen LogP contribution in [0.4, 0.5) is 0 Å². The van der Waals surface area contributed by atoms with Crippen molar-refractivity contribution in [2.45, 2.75) is 28.7 Å². The summed E-state index contributed by atoms with van der Waals surface area (Å²) in [7, 11) is 0. The van der Waals surface area contributed by atoms with Crippen LogP contribution in [-0.4, -0.2) is 50.7 Å². The van der Waals surface area contributed by atoms with Gasteiger partial charge in [-0.25, -0.2) is 0 Å². The highest BCUT2D eigenvalue weighted by atomic mass is 35.5. The van der Waals surface area contributed by atoms with Crippen LogP contribution in [0.25, 0.3) is 0 Å². The number of rotatable bonds is 1. The van der Waals surface area contributed by atoms with Crippen molar-refractivity contribution in [3.8, 4) is 0 Å². The average Bonchev–Trinajstić information content (AvgIpc) is 2.61. The molecule has 2 fully saturated rings.